The summed E-state index contributed by atoms with van der Waals surface area (Å²) in [5, 5.41) is 0. The summed E-state index contributed by atoms with van der Waals surface area (Å²) in [5.74, 6) is 2.31. The fraction of sp³-hybridized carbons (Fsp3) is 0.615. The lowest BCUT2D eigenvalue weighted by Gasteiger charge is -2.19. The van der Waals surface area contributed by atoms with E-state index in [2.05, 4.69) is 29.8 Å². The van der Waals surface area contributed by atoms with Crippen LogP contribution in [0.5, 0.6) is 5.88 Å². The van der Waals surface area contributed by atoms with Crippen molar-refractivity contribution in [2.24, 2.45) is 0 Å². The molecule has 0 bridgehead atoms. The molecule has 0 unspecified atom stereocenters. The molecule has 16 heavy (non-hydrogen) atoms. The highest BCUT2D eigenvalue weighted by Crippen LogP contribution is 2.26. The maximum atomic E-state index is 5.27. The third-order valence-corrected chi connectivity index (χ3v) is 3.12. The molecule has 0 N–H and O–H groups in total. The van der Waals surface area contributed by atoms with E-state index in [0.717, 1.165) is 24.8 Å². The van der Waals surface area contributed by atoms with Crippen molar-refractivity contribution >= 4 is 5.82 Å². The molecule has 0 aliphatic carbocycles. The molecule has 1 aliphatic rings. The molecular weight excluding hydrogens is 200 g/mol. The van der Waals surface area contributed by atoms with Crippen LogP contribution in [0, 0.1) is 0 Å². The van der Waals surface area contributed by atoms with Gasteiger partial charge in [-0.25, -0.2) is 0 Å². The Balaban J connectivity index is 2.32. The van der Waals surface area contributed by atoms with Crippen LogP contribution in [0.25, 0.3) is 0 Å². The molecule has 0 spiro atoms. The summed E-state index contributed by atoms with van der Waals surface area (Å²) in [5.41, 5.74) is 1.30. The van der Waals surface area contributed by atoms with Crippen molar-refractivity contribution in [3.05, 3.63) is 17.7 Å². The molecule has 1 aliphatic heterocycles. The topological polar surface area (TPSA) is 25.4 Å². The average Bonchev–Trinajstić information content (AvgIpc) is 2.81. The van der Waals surface area contributed by atoms with Gasteiger partial charge >= 0.3 is 0 Å². The molecule has 1 fully saturated rings. The second kappa shape index (κ2) is 4.73. The molecule has 1 aromatic heterocycles. The molecule has 3 heteroatoms. The van der Waals surface area contributed by atoms with Crippen LogP contribution in [0.4, 0.5) is 5.82 Å². The summed E-state index contributed by atoms with van der Waals surface area (Å²) in [6.07, 6.45) is 2.55. The zero-order valence-electron chi connectivity index (χ0n) is 10.4. The maximum Gasteiger partial charge on any atom is 0.215 e. The minimum atomic E-state index is 0.512. The van der Waals surface area contributed by atoms with Crippen LogP contribution >= 0.6 is 0 Å². The second-order valence-electron chi connectivity index (χ2n) is 4.65. The van der Waals surface area contributed by atoms with Gasteiger partial charge < -0.3 is 9.64 Å². The van der Waals surface area contributed by atoms with Crippen molar-refractivity contribution < 1.29 is 4.74 Å². The van der Waals surface area contributed by atoms with Gasteiger partial charge in [0.15, 0.2) is 0 Å². The van der Waals surface area contributed by atoms with Gasteiger partial charge in [0.25, 0.3) is 0 Å². The van der Waals surface area contributed by atoms with Gasteiger partial charge in [0, 0.05) is 19.2 Å². The van der Waals surface area contributed by atoms with Crippen LogP contribution in [-0.4, -0.2) is 25.2 Å². The van der Waals surface area contributed by atoms with Gasteiger partial charge in [0.1, 0.15) is 5.82 Å². The van der Waals surface area contributed by atoms with Crippen molar-refractivity contribution in [1.29, 1.82) is 0 Å². The third kappa shape index (κ3) is 2.29. The summed E-state index contributed by atoms with van der Waals surface area (Å²) >= 11 is 0. The third-order valence-electron chi connectivity index (χ3n) is 3.12. The van der Waals surface area contributed by atoms with Crippen LogP contribution in [0.2, 0.25) is 0 Å². The van der Waals surface area contributed by atoms with E-state index in [1.165, 1.54) is 18.4 Å². The van der Waals surface area contributed by atoms with Gasteiger partial charge in [-0.1, -0.05) is 13.8 Å². The van der Waals surface area contributed by atoms with Crippen LogP contribution in [0.1, 0.15) is 38.2 Å². The lowest BCUT2D eigenvalue weighted by Crippen LogP contribution is -2.19. The van der Waals surface area contributed by atoms with Gasteiger partial charge in [-0.05, 0) is 30.4 Å². The summed E-state index contributed by atoms with van der Waals surface area (Å²) in [6.45, 7) is 6.64. The Labute approximate surface area is 97.4 Å². The minimum Gasteiger partial charge on any atom is -0.481 e. The molecule has 3 nitrogen and oxygen atoms in total. The fourth-order valence-electron chi connectivity index (χ4n) is 2.06. The van der Waals surface area contributed by atoms with E-state index in [9.17, 15) is 0 Å². The quantitative estimate of drug-likeness (QED) is 0.783. The number of hydrogen-bond acceptors (Lipinski definition) is 3. The van der Waals surface area contributed by atoms with Crippen LogP contribution in [0.15, 0.2) is 12.1 Å². The number of ether oxygens (including phenoxy) is 1. The Hall–Kier alpha value is -1.25. The number of rotatable bonds is 3. The molecule has 2 heterocycles. The highest BCUT2D eigenvalue weighted by atomic mass is 16.5. The first-order chi connectivity index (χ1) is 7.70. The maximum absolute atomic E-state index is 5.27. The van der Waals surface area contributed by atoms with Crippen molar-refractivity contribution in [2.75, 3.05) is 25.1 Å². The highest BCUT2D eigenvalue weighted by Gasteiger charge is 2.15. The summed E-state index contributed by atoms with van der Waals surface area (Å²) < 4.78 is 5.27. The number of pyridine rings is 1. The average molecular weight is 220 g/mol. The van der Waals surface area contributed by atoms with Crippen LogP contribution in [-0.2, 0) is 0 Å². The first-order valence-electron chi connectivity index (χ1n) is 6.01. The Bertz CT molecular complexity index is 357. The molecule has 88 valence electrons. The summed E-state index contributed by atoms with van der Waals surface area (Å²) in [6, 6.07) is 4.22. The van der Waals surface area contributed by atoms with E-state index in [-0.39, 0.29) is 0 Å². The second-order valence-corrected chi connectivity index (χ2v) is 4.65. The number of hydrogen-bond donors (Lipinski definition) is 0. The van der Waals surface area contributed by atoms with Gasteiger partial charge in [-0.2, -0.15) is 4.98 Å². The normalized spacial score (nSPS) is 15.9. The largest absolute Gasteiger partial charge is 0.481 e. The van der Waals surface area contributed by atoms with Crippen LogP contribution in [0.3, 0.4) is 0 Å². The van der Waals surface area contributed by atoms with E-state index in [0.29, 0.717) is 5.92 Å². The molecule has 0 radical (unpaired) electrons. The highest BCUT2D eigenvalue weighted by molar-refractivity contribution is 5.45. The Morgan fingerprint density at radius 3 is 2.50 bits per heavy atom. The lowest BCUT2D eigenvalue weighted by molar-refractivity contribution is 0.397. The first-order valence-corrected chi connectivity index (χ1v) is 6.01. The minimum absolute atomic E-state index is 0.512. The predicted molar refractivity (Wildman–Crippen MR) is 66.3 cm³/mol. The predicted octanol–water partition coefficient (Wildman–Crippen LogP) is 2.81. The van der Waals surface area contributed by atoms with E-state index in [1.807, 2.05) is 6.07 Å². The number of anilines is 1. The molecule has 0 amide bonds. The summed E-state index contributed by atoms with van der Waals surface area (Å²) in [7, 11) is 1.68. The van der Waals surface area contributed by atoms with Gasteiger partial charge in [-0.3, -0.25) is 0 Å². The number of methoxy groups -OCH3 is 1. The molecule has 0 aromatic carbocycles. The summed E-state index contributed by atoms with van der Waals surface area (Å²) in [4.78, 5) is 6.86. The Morgan fingerprint density at radius 1 is 1.25 bits per heavy atom. The number of aromatic nitrogens is 1. The first kappa shape index (κ1) is 11.2. The van der Waals surface area contributed by atoms with E-state index in [4.69, 9.17) is 4.74 Å². The molecule has 2 rings (SSSR count). The smallest absolute Gasteiger partial charge is 0.215 e. The fourth-order valence-corrected chi connectivity index (χ4v) is 2.06. The lowest BCUT2D eigenvalue weighted by atomic mass is 10.0. The zero-order valence-corrected chi connectivity index (χ0v) is 10.4. The van der Waals surface area contributed by atoms with Gasteiger partial charge in [0.2, 0.25) is 5.88 Å². The van der Waals surface area contributed by atoms with Crippen molar-refractivity contribution in [1.82, 2.24) is 4.98 Å². The Morgan fingerprint density at radius 2 is 1.94 bits per heavy atom. The van der Waals surface area contributed by atoms with E-state index < -0.39 is 0 Å². The van der Waals surface area contributed by atoms with E-state index >= 15 is 0 Å². The monoisotopic (exact) mass is 220 g/mol. The van der Waals surface area contributed by atoms with Crippen LogP contribution < -0.4 is 9.64 Å². The number of nitrogens with zero attached hydrogens (tertiary/aromatic N) is 2. The SMILES string of the molecule is COc1cc(C(C)C)cc(N2CCCC2)n1. The molecule has 0 atom stereocenters. The van der Waals surface area contributed by atoms with E-state index in [1.54, 1.807) is 7.11 Å². The molecule has 0 saturated carbocycles. The molecule has 1 saturated heterocycles. The standard InChI is InChI=1S/C13H20N2O/c1-10(2)11-8-12(14-13(9-11)16-3)15-6-4-5-7-15/h8-10H,4-7H2,1-3H3. The zero-order chi connectivity index (χ0) is 11.5. The van der Waals surface area contributed by atoms with Gasteiger partial charge in [0.05, 0.1) is 7.11 Å². The molecular formula is C13H20N2O. The Kier molecular flexibility index (Phi) is 3.32. The van der Waals surface area contributed by atoms with Crippen molar-refractivity contribution in [3.63, 3.8) is 0 Å². The molecule has 1 aromatic rings. The van der Waals surface area contributed by atoms with Gasteiger partial charge in [-0.15, -0.1) is 0 Å². The van der Waals surface area contributed by atoms with Crippen molar-refractivity contribution in [3.8, 4) is 5.88 Å². The van der Waals surface area contributed by atoms with Crippen molar-refractivity contribution in [2.45, 2.75) is 32.6 Å².